The molecule has 0 radical (unpaired) electrons. The highest BCUT2D eigenvalue weighted by Crippen LogP contribution is 2.20. The van der Waals surface area contributed by atoms with Gasteiger partial charge in [-0.15, -0.1) is 0 Å². The standard InChI is InChI=1S/C9H7BrNO.C2H6/c10-9-6-11(12)5-7-3-1-2-4-8(7)9;1-2/h1-6,12H;1-2H3/q+1;. The summed E-state index contributed by atoms with van der Waals surface area (Å²) in [6, 6.07) is 7.86. The third kappa shape index (κ3) is 2.23. The summed E-state index contributed by atoms with van der Waals surface area (Å²) in [5.74, 6) is 0. The maximum absolute atomic E-state index is 9.20. The van der Waals surface area contributed by atoms with Gasteiger partial charge < -0.3 is 0 Å². The van der Waals surface area contributed by atoms with Gasteiger partial charge >= 0.3 is 0 Å². The van der Waals surface area contributed by atoms with Crippen molar-refractivity contribution < 1.29 is 9.94 Å². The number of benzene rings is 1. The van der Waals surface area contributed by atoms with Gasteiger partial charge in [-0.05, 0) is 22.0 Å². The van der Waals surface area contributed by atoms with Gasteiger partial charge in [-0.3, -0.25) is 5.21 Å². The second-order valence-corrected chi connectivity index (χ2v) is 3.43. The molecule has 0 aliphatic rings. The molecular weight excluding hydrogens is 242 g/mol. The Bertz CT molecular complexity index is 429. The van der Waals surface area contributed by atoms with E-state index in [1.165, 1.54) is 0 Å². The van der Waals surface area contributed by atoms with Gasteiger partial charge in [-0.1, -0.05) is 32.0 Å². The van der Waals surface area contributed by atoms with Crippen molar-refractivity contribution in [3.63, 3.8) is 0 Å². The van der Waals surface area contributed by atoms with Gasteiger partial charge in [0.15, 0.2) is 0 Å². The zero-order chi connectivity index (χ0) is 10.6. The predicted octanol–water partition coefficient (Wildman–Crippen LogP) is 3.15. The summed E-state index contributed by atoms with van der Waals surface area (Å²) in [5, 5.41) is 11.3. The molecule has 0 bridgehead atoms. The topological polar surface area (TPSA) is 24.1 Å². The van der Waals surface area contributed by atoms with E-state index >= 15 is 0 Å². The van der Waals surface area contributed by atoms with E-state index in [-0.39, 0.29) is 0 Å². The Morgan fingerprint density at radius 3 is 2.50 bits per heavy atom. The smallest absolute Gasteiger partial charge is 0.237 e. The van der Waals surface area contributed by atoms with Crippen LogP contribution in [0.1, 0.15) is 13.8 Å². The van der Waals surface area contributed by atoms with E-state index in [0.29, 0.717) is 0 Å². The Morgan fingerprint density at radius 2 is 1.79 bits per heavy atom. The Balaban J connectivity index is 0.000000461. The van der Waals surface area contributed by atoms with Gasteiger partial charge in [-0.2, -0.15) is 0 Å². The Kier molecular flexibility index (Phi) is 3.89. The number of rotatable bonds is 0. The first-order valence-corrected chi connectivity index (χ1v) is 5.35. The van der Waals surface area contributed by atoms with Crippen LogP contribution < -0.4 is 4.73 Å². The molecule has 1 heterocycles. The molecule has 0 aliphatic carbocycles. The summed E-state index contributed by atoms with van der Waals surface area (Å²) < 4.78 is 1.94. The lowest BCUT2D eigenvalue weighted by Crippen LogP contribution is -2.28. The normalized spacial score (nSPS) is 9.36. The third-order valence-electron chi connectivity index (χ3n) is 1.74. The van der Waals surface area contributed by atoms with Gasteiger partial charge in [0.05, 0.1) is 9.86 Å². The lowest BCUT2D eigenvalue weighted by atomic mass is 10.2. The SMILES string of the molecule is CC.O[n+]1cc(Br)c2ccccc2c1. The molecular formula is C11H13BrNO+. The zero-order valence-electron chi connectivity index (χ0n) is 8.24. The van der Waals surface area contributed by atoms with Crippen LogP contribution in [0.3, 0.4) is 0 Å². The first-order valence-electron chi connectivity index (χ1n) is 4.56. The fourth-order valence-corrected chi connectivity index (χ4v) is 1.76. The number of fused-ring (bicyclic) bond motifs is 1. The number of halogens is 1. The number of hydrogen-bond acceptors (Lipinski definition) is 1. The van der Waals surface area contributed by atoms with Crippen molar-refractivity contribution in [1.82, 2.24) is 0 Å². The van der Waals surface area contributed by atoms with Gasteiger partial charge in [0.2, 0.25) is 12.4 Å². The van der Waals surface area contributed by atoms with E-state index < -0.39 is 0 Å². The van der Waals surface area contributed by atoms with Crippen LogP contribution in [0.4, 0.5) is 0 Å². The summed E-state index contributed by atoms with van der Waals surface area (Å²) in [7, 11) is 0. The number of pyridine rings is 1. The van der Waals surface area contributed by atoms with Crippen molar-refractivity contribution in [2.24, 2.45) is 0 Å². The van der Waals surface area contributed by atoms with Gasteiger partial charge in [0.25, 0.3) is 0 Å². The van der Waals surface area contributed by atoms with Crippen molar-refractivity contribution in [2.75, 3.05) is 0 Å². The fourth-order valence-electron chi connectivity index (χ4n) is 1.19. The van der Waals surface area contributed by atoms with E-state index in [0.717, 1.165) is 20.0 Å². The molecule has 0 saturated carbocycles. The number of aromatic nitrogens is 1. The Hall–Kier alpha value is -1.09. The molecule has 74 valence electrons. The minimum atomic E-state index is 0.892. The molecule has 0 aliphatic heterocycles. The molecule has 0 amide bonds. The molecule has 1 aromatic heterocycles. The van der Waals surface area contributed by atoms with Crippen molar-refractivity contribution in [3.05, 3.63) is 41.1 Å². The predicted molar refractivity (Wildman–Crippen MR) is 60.4 cm³/mol. The van der Waals surface area contributed by atoms with Crippen LogP contribution in [0.15, 0.2) is 41.1 Å². The van der Waals surface area contributed by atoms with Crippen molar-refractivity contribution in [2.45, 2.75) is 13.8 Å². The second-order valence-electron chi connectivity index (χ2n) is 2.57. The molecule has 2 aromatic rings. The summed E-state index contributed by atoms with van der Waals surface area (Å²) >= 11 is 3.37. The maximum Gasteiger partial charge on any atom is 0.237 e. The average Bonchev–Trinajstić information content (AvgIpc) is 2.20. The van der Waals surface area contributed by atoms with Crippen LogP contribution in [0, 0.1) is 0 Å². The maximum atomic E-state index is 9.20. The van der Waals surface area contributed by atoms with E-state index in [4.69, 9.17) is 0 Å². The quantitative estimate of drug-likeness (QED) is 0.567. The van der Waals surface area contributed by atoms with Crippen molar-refractivity contribution in [3.8, 4) is 0 Å². The molecule has 0 spiro atoms. The van der Waals surface area contributed by atoms with Gasteiger partial charge in [0.1, 0.15) is 0 Å². The molecule has 1 aromatic carbocycles. The second kappa shape index (κ2) is 4.96. The van der Waals surface area contributed by atoms with Crippen LogP contribution in [-0.2, 0) is 0 Å². The van der Waals surface area contributed by atoms with E-state index in [1.54, 1.807) is 12.4 Å². The lowest BCUT2D eigenvalue weighted by Gasteiger charge is -1.94. The molecule has 0 unspecified atom stereocenters. The molecule has 0 atom stereocenters. The molecule has 2 nitrogen and oxygen atoms in total. The fraction of sp³-hybridized carbons (Fsp3) is 0.182. The highest BCUT2D eigenvalue weighted by atomic mass is 79.9. The minimum Gasteiger partial charge on any atom is -0.285 e. The van der Waals surface area contributed by atoms with E-state index in [9.17, 15) is 5.21 Å². The van der Waals surface area contributed by atoms with Crippen LogP contribution in [0.5, 0.6) is 0 Å². The van der Waals surface area contributed by atoms with Crippen LogP contribution >= 0.6 is 15.9 Å². The monoisotopic (exact) mass is 254 g/mol. The largest absolute Gasteiger partial charge is 0.285 e. The molecule has 0 fully saturated rings. The van der Waals surface area contributed by atoms with Crippen molar-refractivity contribution >= 4 is 26.7 Å². The average molecular weight is 255 g/mol. The molecule has 14 heavy (non-hydrogen) atoms. The molecule has 2 rings (SSSR count). The van der Waals surface area contributed by atoms with E-state index in [1.807, 2.05) is 38.1 Å². The Labute approximate surface area is 91.9 Å². The molecule has 0 saturated heterocycles. The summed E-state index contributed by atoms with van der Waals surface area (Å²) in [5.41, 5.74) is 0. The molecule has 3 heteroatoms. The first kappa shape index (κ1) is 11.0. The molecule has 1 N–H and O–H groups in total. The zero-order valence-corrected chi connectivity index (χ0v) is 9.82. The lowest BCUT2D eigenvalue weighted by molar-refractivity contribution is -0.904. The van der Waals surface area contributed by atoms with Gasteiger partial charge in [0, 0.05) is 10.1 Å². The van der Waals surface area contributed by atoms with Crippen LogP contribution in [0.2, 0.25) is 0 Å². The highest BCUT2D eigenvalue weighted by Gasteiger charge is 2.05. The highest BCUT2D eigenvalue weighted by molar-refractivity contribution is 9.10. The number of hydrogen-bond donors (Lipinski definition) is 1. The van der Waals surface area contributed by atoms with Crippen LogP contribution in [-0.4, -0.2) is 5.21 Å². The summed E-state index contributed by atoms with van der Waals surface area (Å²) in [6.07, 6.45) is 3.28. The van der Waals surface area contributed by atoms with E-state index in [2.05, 4.69) is 15.9 Å². The van der Waals surface area contributed by atoms with Crippen molar-refractivity contribution in [1.29, 1.82) is 0 Å². The third-order valence-corrected chi connectivity index (χ3v) is 2.37. The minimum absolute atomic E-state index is 0.892. The van der Waals surface area contributed by atoms with Gasteiger partial charge in [-0.25, -0.2) is 0 Å². The Morgan fingerprint density at radius 1 is 1.14 bits per heavy atom. The number of nitrogens with zero attached hydrogens (tertiary/aromatic N) is 1. The summed E-state index contributed by atoms with van der Waals surface area (Å²) in [4.78, 5) is 0. The summed E-state index contributed by atoms with van der Waals surface area (Å²) in [6.45, 7) is 4.00. The first-order chi connectivity index (χ1) is 6.77. The van der Waals surface area contributed by atoms with Crippen LogP contribution in [0.25, 0.3) is 10.8 Å².